The van der Waals surface area contributed by atoms with E-state index >= 15 is 0 Å². The van der Waals surface area contributed by atoms with Crippen LogP contribution in [0.3, 0.4) is 0 Å². The van der Waals surface area contributed by atoms with E-state index in [4.69, 9.17) is 14.6 Å². The molecule has 5 N–H and O–H groups in total. The highest BCUT2D eigenvalue weighted by Gasteiger charge is 2.35. The van der Waals surface area contributed by atoms with Gasteiger partial charge < -0.3 is 35.4 Å². The van der Waals surface area contributed by atoms with Crippen molar-refractivity contribution in [1.29, 1.82) is 0 Å². The predicted octanol–water partition coefficient (Wildman–Crippen LogP) is 3.88. The van der Waals surface area contributed by atoms with Crippen LogP contribution in [0.2, 0.25) is 0 Å². The van der Waals surface area contributed by atoms with Crippen molar-refractivity contribution in [3.05, 3.63) is 101 Å². The van der Waals surface area contributed by atoms with Gasteiger partial charge in [-0.1, -0.05) is 66.7 Å². The Labute approximate surface area is 259 Å². The number of amides is 2. The molecule has 236 valence electrons. The van der Waals surface area contributed by atoms with Gasteiger partial charge in [-0.15, -0.1) is 0 Å². The molecule has 3 unspecified atom stereocenters. The number of hydrogen-bond acceptors (Lipinski definition) is 7. The van der Waals surface area contributed by atoms with Gasteiger partial charge in [0.25, 0.3) is 0 Å². The fourth-order valence-corrected chi connectivity index (χ4v) is 5.54. The van der Waals surface area contributed by atoms with Crippen LogP contribution in [0.25, 0.3) is 0 Å². The van der Waals surface area contributed by atoms with Crippen LogP contribution in [0.15, 0.2) is 78.9 Å². The highest BCUT2D eigenvalue weighted by atomic mass is 16.6. The van der Waals surface area contributed by atoms with Gasteiger partial charge >= 0.3 is 6.09 Å². The molecule has 0 fully saturated rings. The molecule has 3 aromatic carbocycles. The van der Waals surface area contributed by atoms with Crippen molar-refractivity contribution in [2.24, 2.45) is 5.92 Å². The van der Waals surface area contributed by atoms with E-state index in [1.165, 1.54) is 0 Å². The van der Waals surface area contributed by atoms with Crippen molar-refractivity contribution in [1.82, 2.24) is 10.6 Å². The molecule has 0 spiro atoms. The van der Waals surface area contributed by atoms with Crippen molar-refractivity contribution >= 4 is 12.0 Å². The van der Waals surface area contributed by atoms with Crippen LogP contribution >= 0.6 is 0 Å². The van der Waals surface area contributed by atoms with Crippen LogP contribution in [0.4, 0.5) is 4.79 Å². The molecule has 9 heteroatoms. The third-order valence-corrected chi connectivity index (χ3v) is 7.63. The number of fused-ring (bicyclic) bond motifs is 1. The fourth-order valence-electron chi connectivity index (χ4n) is 5.54. The molecule has 4 rings (SSSR count). The molecule has 0 saturated heterocycles. The number of carbonyl (C=O) groups excluding carboxylic acids is 2. The second-order valence-electron chi connectivity index (χ2n) is 12.3. The molecule has 44 heavy (non-hydrogen) atoms. The van der Waals surface area contributed by atoms with E-state index in [-0.39, 0.29) is 25.5 Å². The molecule has 0 saturated carbocycles. The third-order valence-electron chi connectivity index (χ3n) is 7.63. The number of aliphatic hydroxyl groups excluding tert-OH is 3. The zero-order valence-corrected chi connectivity index (χ0v) is 25.6. The molecule has 1 aliphatic carbocycles. The average Bonchev–Trinajstić information content (AvgIpc) is 3.30. The van der Waals surface area contributed by atoms with Crippen molar-refractivity contribution in [3.8, 4) is 5.75 Å². The Balaban J connectivity index is 1.56. The van der Waals surface area contributed by atoms with Gasteiger partial charge in [0.05, 0.1) is 30.9 Å². The summed E-state index contributed by atoms with van der Waals surface area (Å²) in [5.74, 6) is -0.395. The molecule has 0 heterocycles. The minimum atomic E-state index is -1.09. The molecular formula is C35H44N2O7. The van der Waals surface area contributed by atoms with Gasteiger partial charge in [-0.3, -0.25) is 4.79 Å². The molecule has 3 aromatic rings. The molecule has 0 bridgehead atoms. The minimum Gasteiger partial charge on any atom is -0.491 e. The number of benzene rings is 3. The predicted molar refractivity (Wildman–Crippen MR) is 167 cm³/mol. The van der Waals surface area contributed by atoms with E-state index in [1.54, 1.807) is 32.9 Å². The first-order chi connectivity index (χ1) is 21.0. The summed E-state index contributed by atoms with van der Waals surface area (Å²) in [4.78, 5) is 26.7. The van der Waals surface area contributed by atoms with Crippen LogP contribution in [0.1, 0.15) is 55.5 Å². The van der Waals surface area contributed by atoms with Crippen LogP contribution in [0, 0.1) is 5.92 Å². The van der Waals surface area contributed by atoms with Crippen LogP contribution in [-0.2, 0) is 28.8 Å². The number of alkyl carbamates (subject to hydrolysis) is 1. The van der Waals surface area contributed by atoms with Crippen molar-refractivity contribution in [3.63, 3.8) is 0 Å². The maximum absolute atomic E-state index is 13.9. The average molecular weight is 605 g/mol. The number of carbonyl (C=O) groups is 2. The lowest BCUT2D eigenvalue weighted by atomic mass is 9.88. The minimum absolute atomic E-state index is 0.0480. The molecule has 9 nitrogen and oxygen atoms in total. The fraction of sp³-hybridized carbons (Fsp3) is 0.429. The zero-order chi connectivity index (χ0) is 31.7. The lowest BCUT2D eigenvalue weighted by molar-refractivity contribution is -0.127. The molecule has 0 aliphatic heterocycles. The van der Waals surface area contributed by atoms with Gasteiger partial charge in [-0.05, 0) is 74.4 Å². The van der Waals surface area contributed by atoms with Crippen molar-refractivity contribution < 1.29 is 34.4 Å². The van der Waals surface area contributed by atoms with Gasteiger partial charge in [0, 0.05) is 12.3 Å². The van der Waals surface area contributed by atoms with Gasteiger partial charge in [0.15, 0.2) is 0 Å². The maximum Gasteiger partial charge on any atom is 0.407 e. The highest BCUT2D eigenvalue weighted by Crippen LogP contribution is 2.32. The molecular weight excluding hydrogens is 560 g/mol. The smallest absolute Gasteiger partial charge is 0.407 e. The Morgan fingerprint density at radius 1 is 0.932 bits per heavy atom. The maximum atomic E-state index is 13.9. The number of aliphatic hydroxyl groups is 3. The monoisotopic (exact) mass is 604 g/mol. The summed E-state index contributed by atoms with van der Waals surface area (Å²) in [7, 11) is 0. The standard InChI is InChI=1S/C35H44N2O7/c1-35(2,3)44-34(42)36-29(20-23-9-5-4-6-10-23)30(39)22-26(19-24-13-15-27(16-14-24)43-18-17-38)33(41)37-32-28-12-8-7-11-25(28)21-31(32)40/h4-16,26,29-32,38-40H,17-22H2,1-3H3,(H,36,42)(H,37,41)/t26?,29?,30?,31-,32-/m0/s1. The number of ether oxygens (including phenoxy) is 2. The van der Waals surface area contributed by atoms with Gasteiger partial charge in [-0.2, -0.15) is 0 Å². The largest absolute Gasteiger partial charge is 0.491 e. The van der Waals surface area contributed by atoms with Crippen molar-refractivity contribution in [2.45, 2.75) is 76.3 Å². The molecule has 0 radical (unpaired) electrons. The molecule has 2 amide bonds. The third kappa shape index (κ3) is 9.54. The molecule has 0 aromatic heterocycles. The summed E-state index contributed by atoms with van der Waals surface area (Å²) in [5.41, 5.74) is 2.91. The van der Waals surface area contributed by atoms with E-state index in [0.29, 0.717) is 25.0 Å². The lowest BCUT2D eigenvalue weighted by Crippen LogP contribution is -2.48. The lowest BCUT2D eigenvalue weighted by Gasteiger charge is -2.29. The summed E-state index contributed by atoms with van der Waals surface area (Å²) in [5, 5.41) is 37.3. The summed E-state index contributed by atoms with van der Waals surface area (Å²) in [6.45, 7) is 5.39. The van der Waals surface area contributed by atoms with Crippen LogP contribution in [-0.4, -0.2) is 64.4 Å². The topological polar surface area (TPSA) is 137 Å². The van der Waals surface area contributed by atoms with E-state index in [1.807, 2.05) is 66.7 Å². The summed E-state index contributed by atoms with van der Waals surface area (Å²) in [6.07, 6.45) is -1.37. The first-order valence-corrected chi connectivity index (χ1v) is 15.1. The van der Waals surface area contributed by atoms with E-state index < -0.39 is 41.9 Å². The van der Waals surface area contributed by atoms with Crippen LogP contribution in [0.5, 0.6) is 5.75 Å². The normalized spacial score (nSPS) is 18.0. The summed E-state index contributed by atoms with van der Waals surface area (Å²) >= 11 is 0. The Hall–Kier alpha value is -3.92. The SMILES string of the molecule is CC(C)(C)OC(=O)NC(Cc1ccccc1)C(O)CC(Cc1ccc(OCCO)cc1)C(=O)N[C@H]1c2ccccc2C[C@@H]1O. The summed E-state index contributed by atoms with van der Waals surface area (Å²) in [6, 6.07) is 23.1. The van der Waals surface area contributed by atoms with Gasteiger partial charge in [-0.25, -0.2) is 4.79 Å². The Morgan fingerprint density at radius 2 is 1.59 bits per heavy atom. The highest BCUT2D eigenvalue weighted by molar-refractivity contribution is 5.80. The molecule has 1 aliphatic rings. The van der Waals surface area contributed by atoms with Gasteiger partial charge in [0.2, 0.25) is 5.91 Å². The quantitative estimate of drug-likeness (QED) is 0.200. The van der Waals surface area contributed by atoms with Gasteiger partial charge in [0.1, 0.15) is 18.0 Å². The molecule has 5 atom stereocenters. The Kier molecular flexibility index (Phi) is 11.4. The van der Waals surface area contributed by atoms with E-state index in [2.05, 4.69) is 10.6 Å². The first-order valence-electron chi connectivity index (χ1n) is 15.1. The Bertz CT molecular complexity index is 1360. The van der Waals surface area contributed by atoms with E-state index in [9.17, 15) is 19.8 Å². The number of rotatable bonds is 13. The van der Waals surface area contributed by atoms with Crippen molar-refractivity contribution in [2.75, 3.05) is 13.2 Å². The number of nitrogens with one attached hydrogen (secondary N) is 2. The first kappa shape index (κ1) is 33.0. The second kappa shape index (κ2) is 15.2. The van der Waals surface area contributed by atoms with E-state index in [0.717, 1.165) is 22.3 Å². The second-order valence-corrected chi connectivity index (χ2v) is 12.3. The zero-order valence-electron chi connectivity index (χ0n) is 25.6. The number of hydrogen-bond donors (Lipinski definition) is 5. The van der Waals surface area contributed by atoms with Crippen LogP contribution < -0.4 is 15.4 Å². The summed E-state index contributed by atoms with van der Waals surface area (Å²) < 4.78 is 11.0. The Morgan fingerprint density at radius 3 is 2.27 bits per heavy atom.